The number of amides is 1. The lowest BCUT2D eigenvalue weighted by molar-refractivity contribution is 0.137. The summed E-state index contributed by atoms with van der Waals surface area (Å²) in [6, 6.07) is 4.09. The number of anilines is 1. The molecule has 2 aliphatic heterocycles. The first-order chi connectivity index (χ1) is 8.15. The average Bonchev–Trinajstić information content (AvgIpc) is 2.89. The van der Waals surface area contributed by atoms with Gasteiger partial charge in [-0.3, -0.25) is 0 Å². The number of carbonyl (C=O) groups is 1. The molecule has 2 bridgehead atoms. The zero-order valence-corrected chi connectivity index (χ0v) is 9.84. The number of hydrogen-bond donors (Lipinski definition) is 1. The van der Waals surface area contributed by atoms with Crippen molar-refractivity contribution in [2.75, 3.05) is 18.0 Å². The molecule has 0 unspecified atom stereocenters. The highest BCUT2D eigenvalue weighted by Gasteiger charge is 2.45. The number of carboxylic acid groups (broad SMARTS) is 1. The maximum Gasteiger partial charge on any atom is 0.407 e. The van der Waals surface area contributed by atoms with E-state index in [1.807, 2.05) is 6.07 Å². The van der Waals surface area contributed by atoms with E-state index in [9.17, 15) is 4.79 Å². The SMILES string of the molecule is O=C(O)N1C[C@H]2C[C@@H]1CN2c1ccc(Cl)nc1. The Morgan fingerprint density at radius 3 is 2.76 bits per heavy atom. The molecule has 2 saturated heterocycles. The number of nitrogens with zero attached hydrogens (tertiary/aromatic N) is 3. The van der Waals surface area contributed by atoms with Crippen LogP contribution in [0.4, 0.5) is 10.5 Å². The summed E-state index contributed by atoms with van der Waals surface area (Å²) in [7, 11) is 0. The molecule has 90 valence electrons. The number of fused-ring (bicyclic) bond motifs is 2. The van der Waals surface area contributed by atoms with Crippen molar-refractivity contribution in [1.82, 2.24) is 9.88 Å². The molecule has 2 atom stereocenters. The van der Waals surface area contributed by atoms with Gasteiger partial charge in [-0.1, -0.05) is 11.6 Å². The van der Waals surface area contributed by atoms with Crippen molar-refractivity contribution in [3.63, 3.8) is 0 Å². The van der Waals surface area contributed by atoms with E-state index in [1.165, 1.54) is 4.90 Å². The lowest BCUT2D eigenvalue weighted by atomic mass is 10.2. The van der Waals surface area contributed by atoms with Crippen molar-refractivity contribution < 1.29 is 9.90 Å². The highest BCUT2D eigenvalue weighted by Crippen LogP contribution is 2.34. The van der Waals surface area contributed by atoms with Crippen LogP contribution in [0.5, 0.6) is 0 Å². The molecule has 0 radical (unpaired) electrons. The van der Waals surface area contributed by atoms with Gasteiger partial charge in [-0.05, 0) is 18.6 Å². The molecule has 1 aromatic heterocycles. The molecule has 1 aromatic rings. The summed E-state index contributed by atoms with van der Waals surface area (Å²) in [6.45, 7) is 1.34. The summed E-state index contributed by atoms with van der Waals surface area (Å²) in [5, 5.41) is 9.48. The minimum Gasteiger partial charge on any atom is -0.465 e. The Balaban J connectivity index is 1.78. The predicted octanol–water partition coefficient (Wildman–Crippen LogP) is 1.68. The van der Waals surface area contributed by atoms with Crippen LogP contribution >= 0.6 is 11.6 Å². The molecule has 0 spiro atoms. The molecule has 17 heavy (non-hydrogen) atoms. The summed E-state index contributed by atoms with van der Waals surface area (Å²) in [5.74, 6) is 0. The smallest absolute Gasteiger partial charge is 0.407 e. The Hall–Kier alpha value is -1.49. The van der Waals surface area contributed by atoms with Gasteiger partial charge < -0.3 is 14.9 Å². The van der Waals surface area contributed by atoms with Gasteiger partial charge in [-0.25, -0.2) is 9.78 Å². The van der Waals surface area contributed by atoms with E-state index in [4.69, 9.17) is 16.7 Å². The van der Waals surface area contributed by atoms with Crippen LogP contribution in [-0.4, -0.2) is 46.3 Å². The van der Waals surface area contributed by atoms with Gasteiger partial charge in [-0.15, -0.1) is 0 Å². The van der Waals surface area contributed by atoms with E-state index in [1.54, 1.807) is 12.3 Å². The molecule has 5 nitrogen and oxygen atoms in total. The predicted molar refractivity (Wildman–Crippen MR) is 63.5 cm³/mol. The van der Waals surface area contributed by atoms with Crippen molar-refractivity contribution in [1.29, 1.82) is 0 Å². The number of likely N-dealkylation sites (tertiary alicyclic amines) is 1. The molecule has 0 aromatic carbocycles. The third-order valence-corrected chi connectivity index (χ3v) is 3.75. The zero-order chi connectivity index (χ0) is 12.0. The van der Waals surface area contributed by atoms with Crippen LogP contribution in [0, 0.1) is 0 Å². The number of aromatic nitrogens is 1. The second-order valence-corrected chi connectivity index (χ2v) is 4.86. The number of piperazine rings is 1. The van der Waals surface area contributed by atoms with Crippen molar-refractivity contribution in [3.05, 3.63) is 23.5 Å². The van der Waals surface area contributed by atoms with Gasteiger partial charge in [0.2, 0.25) is 0 Å². The summed E-state index contributed by atoms with van der Waals surface area (Å²) in [6.07, 6.45) is 1.84. The number of hydrogen-bond acceptors (Lipinski definition) is 3. The van der Waals surface area contributed by atoms with E-state index < -0.39 is 6.09 Å². The first kappa shape index (κ1) is 10.7. The van der Waals surface area contributed by atoms with Gasteiger partial charge >= 0.3 is 6.09 Å². The number of pyridine rings is 1. The first-order valence-corrected chi connectivity index (χ1v) is 5.90. The molecule has 6 heteroatoms. The number of rotatable bonds is 1. The Morgan fingerprint density at radius 2 is 2.24 bits per heavy atom. The van der Waals surface area contributed by atoms with Gasteiger partial charge in [0.05, 0.1) is 17.9 Å². The molecule has 1 amide bonds. The maximum absolute atomic E-state index is 11.0. The van der Waals surface area contributed by atoms with E-state index in [0.29, 0.717) is 11.7 Å². The van der Waals surface area contributed by atoms with Crippen LogP contribution < -0.4 is 4.90 Å². The number of halogens is 1. The minimum atomic E-state index is -0.814. The van der Waals surface area contributed by atoms with Crippen LogP contribution in [0.25, 0.3) is 0 Å². The minimum absolute atomic E-state index is 0.119. The maximum atomic E-state index is 11.0. The standard InChI is InChI=1S/C11H12ClN3O2/c12-10-2-1-7(4-13-10)14-5-9-3-8(14)6-15(9)11(16)17/h1-2,4,8-9H,3,5-6H2,(H,16,17)/t8-,9-/m1/s1. The lowest BCUT2D eigenvalue weighted by Crippen LogP contribution is -2.48. The third-order valence-electron chi connectivity index (χ3n) is 3.53. The van der Waals surface area contributed by atoms with Crippen molar-refractivity contribution >= 4 is 23.4 Å². The zero-order valence-electron chi connectivity index (χ0n) is 9.08. The fourth-order valence-corrected chi connectivity index (χ4v) is 2.87. The molecule has 2 aliphatic rings. The molecule has 0 aliphatic carbocycles. The molecular weight excluding hydrogens is 242 g/mol. The van der Waals surface area contributed by atoms with Crippen LogP contribution in [-0.2, 0) is 0 Å². The topological polar surface area (TPSA) is 56.7 Å². The summed E-state index contributed by atoms with van der Waals surface area (Å²) < 4.78 is 0. The first-order valence-electron chi connectivity index (χ1n) is 5.53. The van der Waals surface area contributed by atoms with E-state index in [-0.39, 0.29) is 12.1 Å². The van der Waals surface area contributed by atoms with Crippen LogP contribution in [0.1, 0.15) is 6.42 Å². The van der Waals surface area contributed by atoms with Crippen LogP contribution in [0.3, 0.4) is 0 Å². The van der Waals surface area contributed by atoms with Crippen molar-refractivity contribution in [2.45, 2.75) is 18.5 Å². The van der Waals surface area contributed by atoms with Gasteiger partial charge in [0, 0.05) is 19.1 Å². The van der Waals surface area contributed by atoms with E-state index >= 15 is 0 Å². The quantitative estimate of drug-likeness (QED) is 0.774. The molecule has 2 fully saturated rings. The van der Waals surface area contributed by atoms with Crippen molar-refractivity contribution in [3.8, 4) is 0 Å². The largest absolute Gasteiger partial charge is 0.465 e. The summed E-state index contributed by atoms with van der Waals surface area (Å²) >= 11 is 5.75. The second kappa shape index (κ2) is 3.77. The third kappa shape index (κ3) is 1.70. The monoisotopic (exact) mass is 253 g/mol. The Morgan fingerprint density at radius 1 is 1.41 bits per heavy atom. The lowest BCUT2D eigenvalue weighted by Gasteiger charge is -2.33. The van der Waals surface area contributed by atoms with E-state index in [0.717, 1.165) is 18.7 Å². The van der Waals surface area contributed by atoms with Crippen molar-refractivity contribution in [2.24, 2.45) is 0 Å². The van der Waals surface area contributed by atoms with Crippen LogP contribution in [0.2, 0.25) is 5.15 Å². The Bertz CT molecular complexity index is 451. The summed E-state index contributed by atoms with van der Waals surface area (Å²) in [5.41, 5.74) is 1.02. The Labute approximate surface area is 104 Å². The fraction of sp³-hybridized carbons (Fsp3) is 0.455. The molecular formula is C11H12ClN3O2. The van der Waals surface area contributed by atoms with E-state index in [2.05, 4.69) is 9.88 Å². The van der Waals surface area contributed by atoms with Gasteiger partial charge in [0.1, 0.15) is 5.15 Å². The van der Waals surface area contributed by atoms with Gasteiger partial charge in [-0.2, -0.15) is 0 Å². The average molecular weight is 254 g/mol. The van der Waals surface area contributed by atoms with Gasteiger partial charge in [0.25, 0.3) is 0 Å². The van der Waals surface area contributed by atoms with Crippen LogP contribution in [0.15, 0.2) is 18.3 Å². The molecule has 3 heterocycles. The highest BCUT2D eigenvalue weighted by molar-refractivity contribution is 6.29. The highest BCUT2D eigenvalue weighted by atomic mass is 35.5. The Kier molecular flexibility index (Phi) is 2.36. The summed E-state index contributed by atoms with van der Waals surface area (Å²) in [4.78, 5) is 18.8. The normalized spacial score (nSPS) is 26.6. The molecule has 3 rings (SSSR count). The molecule has 0 saturated carbocycles. The second-order valence-electron chi connectivity index (χ2n) is 4.47. The fourth-order valence-electron chi connectivity index (χ4n) is 2.76. The van der Waals surface area contributed by atoms with Gasteiger partial charge in [0.15, 0.2) is 0 Å². The molecule has 1 N–H and O–H groups in total.